The van der Waals surface area contributed by atoms with Gasteiger partial charge in [0.25, 0.3) is 0 Å². The van der Waals surface area contributed by atoms with Crippen molar-refractivity contribution in [2.24, 2.45) is 0 Å². The van der Waals surface area contributed by atoms with Crippen LogP contribution in [0, 0.1) is 0 Å². The minimum Gasteiger partial charge on any atom is -0.548 e. The van der Waals surface area contributed by atoms with E-state index < -0.39 is 55.3 Å². The fourth-order valence-electron chi connectivity index (χ4n) is 2.90. The van der Waals surface area contributed by atoms with Crippen molar-refractivity contribution in [3.05, 3.63) is 12.7 Å². The number of urea groups is 1. The van der Waals surface area contributed by atoms with Crippen LogP contribution < -0.4 is 45.3 Å². The van der Waals surface area contributed by atoms with Gasteiger partial charge in [0.05, 0.1) is 31.0 Å². The summed E-state index contributed by atoms with van der Waals surface area (Å²) in [6.07, 6.45) is -3.86. The maximum atomic E-state index is 12.1. The molecule has 2 aromatic rings. The van der Waals surface area contributed by atoms with Crippen molar-refractivity contribution in [1.29, 1.82) is 0 Å². The van der Waals surface area contributed by atoms with Crippen molar-refractivity contribution in [1.82, 2.24) is 24.8 Å². The minimum atomic E-state index is -1.67. The molecular weight excluding hydrogens is 415 g/mol. The molecule has 6 N–H and O–H groups in total. The molecule has 158 valence electrons. The molecule has 3 heterocycles. The van der Waals surface area contributed by atoms with Crippen LogP contribution in [0.4, 0.5) is 10.6 Å². The van der Waals surface area contributed by atoms with Crippen molar-refractivity contribution >= 4 is 29.0 Å². The van der Waals surface area contributed by atoms with E-state index in [4.69, 9.17) is 4.74 Å². The molecule has 0 aliphatic carbocycles. The van der Waals surface area contributed by atoms with E-state index in [0.717, 1.165) is 6.33 Å². The molecule has 2 amide bonds. The number of carboxylic acids is 1. The molecule has 0 aromatic carbocycles. The van der Waals surface area contributed by atoms with Crippen LogP contribution in [0.25, 0.3) is 11.2 Å². The molecule has 0 spiro atoms. The molecular formula is C15H19N6NaO8. The number of fused-ring (bicyclic) bond motifs is 1. The Morgan fingerprint density at radius 1 is 1.30 bits per heavy atom. The quantitative estimate of drug-likeness (QED) is 0.235. The van der Waals surface area contributed by atoms with Crippen molar-refractivity contribution in [2.75, 3.05) is 11.9 Å². The van der Waals surface area contributed by atoms with Crippen LogP contribution >= 0.6 is 0 Å². The third-order valence-electron chi connectivity index (χ3n) is 4.40. The number of nitrogens with zero attached hydrogens (tertiary/aromatic N) is 4. The summed E-state index contributed by atoms with van der Waals surface area (Å²) in [6.45, 7) is 0.665. The molecule has 1 aliphatic heterocycles. The first-order valence-corrected chi connectivity index (χ1v) is 8.51. The minimum absolute atomic E-state index is 0. The zero-order valence-corrected chi connectivity index (χ0v) is 18.0. The van der Waals surface area contributed by atoms with Gasteiger partial charge >= 0.3 is 35.6 Å². The number of aliphatic hydroxyl groups is 4. The fourth-order valence-corrected chi connectivity index (χ4v) is 2.90. The Balaban J connectivity index is 0.00000320. The number of amides is 2. The number of carbonyl (C=O) groups is 2. The summed E-state index contributed by atoms with van der Waals surface area (Å²) < 4.78 is 6.72. The molecule has 30 heavy (non-hydrogen) atoms. The van der Waals surface area contributed by atoms with E-state index >= 15 is 0 Å². The number of aliphatic carboxylic acids is 1. The topological polar surface area (TPSA) is 215 Å². The van der Waals surface area contributed by atoms with Crippen LogP contribution in [0.1, 0.15) is 13.2 Å². The van der Waals surface area contributed by atoms with E-state index in [2.05, 4.69) is 20.3 Å². The average Bonchev–Trinajstić information content (AvgIpc) is 3.21. The Morgan fingerprint density at radius 2 is 2.00 bits per heavy atom. The summed E-state index contributed by atoms with van der Waals surface area (Å²) in [5.41, 5.74) is 0.222. The van der Waals surface area contributed by atoms with Crippen LogP contribution in [-0.4, -0.2) is 89.0 Å². The molecule has 0 bridgehead atoms. The fraction of sp³-hybridized carbons (Fsp3) is 0.533. The predicted octanol–water partition coefficient (Wildman–Crippen LogP) is -6.94. The monoisotopic (exact) mass is 434 g/mol. The molecule has 1 aliphatic rings. The third kappa shape index (κ3) is 4.70. The van der Waals surface area contributed by atoms with Gasteiger partial charge in [0.1, 0.15) is 24.6 Å². The van der Waals surface area contributed by atoms with Gasteiger partial charge in [-0.25, -0.2) is 19.7 Å². The number of imidazole rings is 1. The Hall–Kier alpha value is -1.91. The van der Waals surface area contributed by atoms with E-state index in [0.29, 0.717) is 0 Å². The van der Waals surface area contributed by atoms with Gasteiger partial charge in [-0.3, -0.25) is 9.88 Å². The van der Waals surface area contributed by atoms with Crippen molar-refractivity contribution in [3.63, 3.8) is 0 Å². The molecule has 4 unspecified atom stereocenters. The number of aliphatic hydroxyl groups excluding tert-OH is 4. The van der Waals surface area contributed by atoms with Gasteiger partial charge < -0.3 is 40.4 Å². The van der Waals surface area contributed by atoms with Crippen LogP contribution in [0.2, 0.25) is 0 Å². The predicted molar refractivity (Wildman–Crippen MR) is 91.0 cm³/mol. The SMILES string of the molecule is CC(O)C(NC(=O)Nc1ncnc2c1ncn2[C@@H]1O[C@H](CO)C(O)C1O)C(=O)[O-].[Na+]. The van der Waals surface area contributed by atoms with Crippen LogP contribution in [0.5, 0.6) is 0 Å². The van der Waals surface area contributed by atoms with Crippen LogP contribution in [-0.2, 0) is 9.53 Å². The normalized spacial score (nSPS) is 25.4. The number of nitrogens with one attached hydrogen (secondary N) is 2. The van der Waals surface area contributed by atoms with E-state index in [-0.39, 0.29) is 46.5 Å². The molecule has 0 radical (unpaired) electrons. The molecule has 2 aromatic heterocycles. The van der Waals surface area contributed by atoms with Crippen LogP contribution in [0.15, 0.2) is 12.7 Å². The molecule has 15 heteroatoms. The number of aromatic nitrogens is 4. The number of rotatable bonds is 6. The molecule has 1 saturated heterocycles. The summed E-state index contributed by atoms with van der Waals surface area (Å²) in [7, 11) is 0. The smallest absolute Gasteiger partial charge is 0.548 e. The summed E-state index contributed by atoms with van der Waals surface area (Å²) in [4.78, 5) is 35.0. The third-order valence-corrected chi connectivity index (χ3v) is 4.40. The second-order valence-electron chi connectivity index (χ2n) is 6.41. The van der Waals surface area contributed by atoms with Gasteiger partial charge in [-0.05, 0) is 6.92 Å². The summed E-state index contributed by atoms with van der Waals surface area (Å²) >= 11 is 0. The number of ether oxygens (including phenoxy) is 1. The number of hydrogen-bond acceptors (Lipinski definition) is 11. The maximum absolute atomic E-state index is 12.1. The largest absolute Gasteiger partial charge is 1.00 e. The Kier molecular flexibility index (Phi) is 8.06. The first-order chi connectivity index (χ1) is 13.7. The Bertz CT molecular complexity index is 910. The van der Waals surface area contributed by atoms with Gasteiger partial charge in [-0.1, -0.05) is 0 Å². The second-order valence-corrected chi connectivity index (χ2v) is 6.41. The van der Waals surface area contributed by atoms with Crippen molar-refractivity contribution in [3.8, 4) is 0 Å². The number of carbonyl (C=O) groups excluding carboxylic acids is 2. The number of hydrogen-bond donors (Lipinski definition) is 6. The second kappa shape index (κ2) is 9.93. The average molecular weight is 434 g/mol. The standard InChI is InChI=1S/C15H20N6O8.Na/c1-5(23)7(14(26)27)19-15(28)20-11-8-12(17-3-16-11)21(4-18-8)13-10(25)9(24)6(2-22)29-13;/h3-7,9-10,13,22-25H,2H2,1H3,(H,26,27)(H2,16,17,19,20,28);/q;+1/p-1/t5?,6-,7?,9?,10?,13-;/m1./s1. The van der Waals surface area contributed by atoms with E-state index in [1.165, 1.54) is 17.8 Å². The molecule has 0 saturated carbocycles. The Labute approximate surface area is 191 Å². The van der Waals surface area contributed by atoms with Gasteiger partial charge in [-0.2, -0.15) is 0 Å². The first-order valence-electron chi connectivity index (χ1n) is 8.51. The molecule has 1 fully saturated rings. The maximum Gasteiger partial charge on any atom is 1.00 e. The summed E-state index contributed by atoms with van der Waals surface area (Å²) in [6, 6.07) is -2.63. The summed E-state index contributed by atoms with van der Waals surface area (Å²) in [5, 5.41) is 54.0. The van der Waals surface area contributed by atoms with E-state index in [1.54, 1.807) is 0 Å². The zero-order valence-electron chi connectivity index (χ0n) is 16.0. The van der Waals surface area contributed by atoms with Gasteiger partial charge in [-0.15, -0.1) is 0 Å². The molecule has 3 rings (SSSR count). The summed E-state index contributed by atoms with van der Waals surface area (Å²) in [5.74, 6) is -1.75. The first kappa shape index (κ1) is 24.4. The van der Waals surface area contributed by atoms with Gasteiger partial charge in [0, 0.05) is 0 Å². The van der Waals surface area contributed by atoms with Gasteiger partial charge in [0.2, 0.25) is 0 Å². The molecule has 14 nitrogen and oxygen atoms in total. The van der Waals surface area contributed by atoms with Crippen molar-refractivity contribution < 1.29 is 69.4 Å². The molecule has 6 atom stereocenters. The van der Waals surface area contributed by atoms with Gasteiger partial charge in [0.15, 0.2) is 23.2 Å². The zero-order chi connectivity index (χ0) is 21.3. The number of anilines is 1. The number of carboxylic acid groups (broad SMARTS) is 1. The Morgan fingerprint density at radius 3 is 2.57 bits per heavy atom. The van der Waals surface area contributed by atoms with Crippen molar-refractivity contribution in [2.45, 2.75) is 43.6 Å². The van der Waals surface area contributed by atoms with Crippen LogP contribution in [0.3, 0.4) is 0 Å². The van der Waals surface area contributed by atoms with E-state index in [9.17, 15) is 35.1 Å². The van der Waals surface area contributed by atoms with E-state index in [1.807, 2.05) is 5.32 Å².